The molecular weight excluding hydrogens is 321 g/mol. The first-order valence-electron chi connectivity index (χ1n) is 7.53. The van der Waals surface area contributed by atoms with Gasteiger partial charge in [-0.15, -0.1) is 12.4 Å². The number of alkyl halides is 3. The van der Waals surface area contributed by atoms with Gasteiger partial charge in [0.1, 0.15) is 0 Å². The molecule has 2 aliphatic carbocycles. The third-order valence-electron chi connectivity index (χ3n) is 5.16. The highest BCUT2D eigenvalue weighted by molar-refractivity contribution is 5.85. The fraction of sp³-hybridized carbons (Fsp3) is 0.929. The molecule has 0 aromatic heterocycles. The number of carbonyl (C=O) groups excluding carboxylic acids is 1. The van der Waals surface area contributed by atoms with Crippen LogP contribution < -0.4 is 10.6 Å². The summed E-state index contributed by atoms with van der Waals surface area (Å²) in [5.41, 5.74) is -2.12. The van der Waals surface area contributed by atoms with Crippen molar-refractivity contribution in [3.63, 3.8) is 0 Å². The highest BCUT2D eigenvalue weighted by Crippen LogP contribution is 2.44. The van der Waals surface area contributed by atoms with Crippen LogP contribution in [0.25, 0.3) is 0 Å². The van der Waals surface area contributed by atoms with Crippen molar-refractivity contribution in [3.8, 4) is 0 Å². The van der Waals surface area contributed by atoms with Gasteiger partial charge in [-0.3, -0.25) is 4.79 Å². The smallest absolute Gasteiger partial charge is 0.369 e. The molecule has 2 N–H and O–H groups in total. The summed E-state index contributed by atoms with van der Waals surface area (Å²) in [6, 6.07) is -0.259. The molecule has 3 rings (SSSR count). The Morgan fingerprint density at radius 3 is 2.64 bits per heavy atom. The molecule has 5 atom stereocenters. The van der Waals surface area contributed by atoms with Crippen LogP contribution in [0.1, 0.15) is 38.5 Å². The Morgan fingerprint density at radius 1 is 1.36 bits per heavy atom. The zero-order valence-electron chi connectivity index (χ0n) is 12.4. The molecule has 2 unspecified atom stereocenters. The number of carbonyl (C=O) groups is 1. The van der Waals surface area contributed by atoms with Gasteiger partial charge in [-0.2, -0.15) is 13.2 Å². The van der Waals surface area contributed by atoms with Crippen LogP contribution in [0, 0.1) is 5.92 Å². The predicted octanol–water partition coefficient (Wildman–Crippen LogP) is 2.16. The maximum absolute atomic E-state index is 13.2. The summed E-state index contributed by atoms with van der Waals surface area (Å²) in [5.74, 6) is 0.418. The quantitative estimate of drug-likeness (QED) is 0.826. The van der Waals surface area contributed by atoms with E-state index in [9.17, 15) is 18.0 Å². The SMILES string of the molecule is COC1(C(F)(F)F)CCCC(NC(=O)[C@@H]2C[C@H]3C[C@H]3N2)C1.Cl. The molecule has 0 aromatic rings. The van der Waals surface area contributed by atoms with Crippen molar-refractivity contribution in [2.45, 2.75) is 68.4 Å². The normalized spacial score (nSPS) is 40.5. The Hall–Kier alpha value is -0.530. The third-order valence-corrected chi connectivity index (χ3v) is 5.16. The van der Waals surface area contributed by atoms with E-state index in [0.717, 1.165) is 20.0 Å². The molecule has 0 spiro atoms. The van der Waals surface area contributed by atoms with Gasteiger partial charge in [-0.05, 0) is 38.0 Å². The fourth-order valence-electron chi connectivity index (χ4n) is 3.74. The van der Waals surface area contributed by atoms with E-state index in [1.165, 1.54) is 0 Å². The molecule has 1 aliphatic heterocycles. The molecule has 3 fully saturated rings. The van der Waals surface area contributed by atoms with Gasteiger partial charge in [0.25, 0.3) is 0 Å². The zero-order valence-corrected chi connectivity index (χ0v) is 13.2. The molecule has 0 aromatic carbocycles. The number of nitrogens with one attached hydrogen (secondary N) is 2. The molecule has 1 heterocycles. The number of ether oxygens (including phenoxy) is 1. The second kappa shape index (κ2) is 6.17. The van der Waals surface area contributed by atoms with Crippen molar-refractivity contribution < 1.29 is 22.7 Å². The first-order valence-corrected chi connectivity index (χ1v) is 7.53. The standard InChI is InChI=1S/C14H21F3N2O2.ClH/c1-21-13(14(15,16)17)4-2-3-9(7-13)18-12(20)11-6-8-5-10(8)19-11;/h8-11,19H,2-7H2,1H3,(H,18,20);1H/t8-,9?,10-,11+,13?;/m1./s1. The van der Waals surface area contributed by atoms with E-state index in [-0.39, 0.29) is 37.2 Å². The van der Waals surface area contributed by atoms with Gasteiger partial charge in [0.05, 0.1) is 6.04 Å². The summed E-state index contributed by atoms with van der Waals surface area (Å²) in [7, 11) is 1.10. The summed E-state index contributed by atoms with van der Waals surface area (Å²) < 4.78 is 44.5. The molecule has 4 nitrogen and oxygen atoms in total. The molecular formula is C14H22ClF3N2O2. The first-order chi connectivity index (χ1) is 9.84. The molecule has 3 aliphatic rings. The number of rotatable bonds is 3. The van der Waals surface area contributed by atoms with Crippen molar-refractivity contribution in [1.29, 1.82) is 0 Å². The van der Waals surface area contributed by atoms with Crippen LogP contribution in [-0.2, 0) is 9.53 Å². The van der Waals surface area contributed by atoms with E-state index >= 15 is 0 Å². The lowest BCUT2D eigenvalue weighted by molar-refractivity contribution is -0.281. The lowest BCUT2D eigenvalue weighted by Crippen LogP contribution is -2.56. The van der Waals surface area contributed by atoms with Crippen LogP contribution in [0.2, 0.25) is 0 Å². The second-order valence-corrected chi connectivity index (χ2v) is 6.56. The molecule has 0 bridgehead atoms. The molecule has 8 heteroatoms. The van der Waals surface area contributed by atoms with E-state index in [1.54, 1.807) is 0 Å². The molecule has 0 radical (unpaired) electrons. The lowest BCUT2D eigenvalue weighted by atomic mass is 9.81. The van der Waals surface area contributed by atoms with E-state index < -0.39 is 17.8 Å². The van der Waals surface area contributed by atoms with Crippen LogP contribution in [0.4, 0.5) is 13.2 Å². The lowest BCUT2D eigenvalue weighted by Gasteiger charge is -2.41. The minimum Gasteiger partial charge on any atom is -0.369 e. The Kier molecular flexibility index (Phi) is 5.00. The molecule has 2 saturated carbocycles. The van der Waals surface area contributed by atoms with Gasteiger partial charge in [-0.1, -0.05) is 0 Å². The van der Waals surface area contributed by atoms with Gasteiger partial charge < -0.3 is 15.4 Å². The number of halogens is 4. The van der Waals surface area contributed by atoms with E-state index in [4.69, 9.17) is 4.74 Å². The minimum atomic E-state index is -4.40. The van der Waals surface area contributed by atoms with Crippen LogP contribution in [-0.4, -0.2) is 42.9 Å². The highest BCUT2D eigenvalue weighted by Gasteiger charge is 2.57. The Labute approximate surface area is 133 Å². The number of hydrogen-bond donors (Lipinski definition) is 2. The summed E-state index contributed by atoms with van der Waals surface area (Å²) in [4.78, 5) is 12.1. The molecule has 1 amide bonds. The minimum absolute atomic E-state index is 0. The Balaban J connectivity index is 0.00000176. The predicted molar refractivity (Wildman–Crippen MR) is 76.9 cm³/mol. The summed E-state index contributed by atoms with van der Waals surface area (Å²) >= 11 is 0. The van der Waals surface area contributed by atoms with Gasteiger partial charge in [-0.25, -0.2) is 0 Å². The number of amides is 1. The monoisotopic (exact) mass is 342 g/mol. The average Bonchev–Trinajstić information content (AvgIpc) is 3.04. The summed E-state index contributed by atoms with van der Waals surface area (Å²) in [6.45, 7) is 0. The topological polar surface area (TPSA) is 50.4 Å². The number of piperidine rings is 1. The number of methoxy groups -OCH3 is 1. The van der Waals surface area contributed by atoms with E-state index in [0.29, 0.717) is 24.8 Å². The van der Waals surface area contributed by atoms with E-state index in [1.807, 2.05) is 0 Å². The van der Waals surface area contributed by atoms with Crippen molar-refractivity contribution in [3.05, 3.63) is 0 Å². The molecule has 22 heavy (non-hydrogen) atoms. The van der Waals surface area contributed by atoms with Gasteiger partial charge in [0.15, 0.2) is 5.60 Å². The van der Waals surface area contributed by atoms with Crippen LogP contribution in [0.3, 0.4) is 0 Å². The average molecular weight is 343 g/mol. The van der Waals surface area contributed by atoms with Gasteiger partial charge in [0, 0.05) is 25.6 Å². The van der Waals surface area contributed by atoms with Gasteiger partial charge >= 0.3 is 6.18 Å². The zero-order chi connectivity index (χ0) is 15.3. The van der Waals surface area contributed by atoms with Crippen molar-refractivity contribution in [2.75, 3.05) is 7.11 Å². The Morgan fingerprint density at radius 2 is 2.09 bits per heavy atom. The fourth-order valence-corrected chi connectivity index (χ4v) is 3.74. The maximum atomic E-state index is 13.2. The van der Waals surface area contributed by atoms with Crippen LogP contribution >= 0.6 is 12.4 Å². The number of hydrogen-bond acceptors (Lipinski definition) is 3. The first kappa shape index (κ1) is 17.8. The van der Waals surface area contributed by atoms with Crippen molar-refractivity contribution in [2.24, 2.45) is 5.92 Å². The largest absolute Gasteiger partial charge is 0.417 e. The maximum Gasteiger partial charge on any atom is 0.417 e. The van der Waals surface area contributed by atoms with Crippen molar-refractivity contribution in [1.82, 2.24) is 10.6 Å². The van der Waals surface area contributed by atoms with Crippen molar-refractivity contribution >= 4 is 18.3 Å². The molecule has 1 saturated heterocycles. The second-order valence-electron chi connectivity index (χ2n) is 6.56. The number of fused-ring (bicyclic) bond motifs is 1. The Bertz CT molecular complexity index is 425. The van der Waals surface area contributed by atoms with Gasteiger partial charge in [0.2, 0.25) is 5.91 Å². The molecule has 128 valence electrons. The highest BCUT2D eigenvalue weighted by atomic mass is 35.5. The third kappa shape index (κ3) is 3.21. The summed E-state index contributed by atoms with van der Waals surface area (Å²) in [6.07, 6.45) is -1.73. The summed E-state index contributed by atoms with van der Waals surface area (Å²) in [5, 5.41) is 6.00. The van der Waals surface area contributed by atoms with Crippen LogP contribution in [0.5, 0.6) is 0 Å². The van der Waals surface area contributed by atoms with E-state index in [2.05, 4.69) is 10.6 Å². The van der Waals surface area contributed by atoms with Crippen LogP contribution in [0.15, 0.2) is 0 Å².